The molecule has 0 bridgehead atoms. The van der Waals surface area contributed by atoms with E-state index in [9.17, 15) is 9.18 Å². The molecule has 0 saturated heterocycles. The van der Waals surface area contributed by atoms with Gasteiger partial charge in [-0.3, -0.25) is 0 Å². The lowest BCUT2D eigenvalue weighted by Gasteiger charge is -2.37. The van der Waals surface area contributed by atoms with Gasteiger partial charge in [-0.25, -0.2) is 9.18 Å². The maximum Gasteiger partial charge on any atom is 0.338 e. The first-order valence-electron chi connectivity index (χ1n) is 8.85. The molecule has 0 aromatic heterocycles. The van der Waals surface area contributed by atoms with Crippen molar-refractivity contribution >= 4 is 23.3 Å². The third-order valence-electron chi connectivity index (χ3n) is 4.33. The van der Waals surface area contributed by atoms with Crippen LogP contribution in [0.15, 0.2) is 35.5 Å². The van der Waals surface area contributed by atoms with E-state index in [0.29, 0.717) is 22.8 Å². The second kappa shape index (κ2) is 9.09. The molecule has 1 aromatic carbocycles. The van der Waals surface area contributed by atoms with Crippen LogP contribution in [-0.2, 0) is 9.53 Å². The Morgan fingerprint density at radius 3 is 2.77 bits per heavy atom. The number of allylic oxidation sites excluding steroid dienone is 1. The van der Waals surface area contributed by atoms with Crippen LogP contribution in [0.3, 0.4) is 0 Å². The Hall–Kier alpha value is -1.99. The maximum absolute atomic E-state index is 13.7. The number of benzene rings is 1. The van der Waals surface area contributed by atoms with Crippen molar-refractivity contribution in [3.05, 3.63) is 46.9 Å². The molecular weight excluding hydrogens is 353 g/mol. The number of hydrogen-bond donors (Lipinski definition) is 2. The van der Waals surface area contributed by atoms with Crippen LogP contribution in [0.1, 0.15) is 31.9 Å². The number of ether oxygens (including phenoxy) is 1. The van der Waals surface area contributed by atoms with Gasteiger partial charge < -0.3 is 19.9 Å². The molecule has 2 N–H and O–H groups in total. The Morgan fingerprint density at radius 2 is 2.15 bits per heavy atom. The predicted molar refractivity (Wildman–Crippen MR) is 103 cm³/mol. The molecule has 1 atom stereocenters. The molecular formula is C19H27FN3O2S+. The van der Waals surface area contributed by atoms with E-state index in [-0.39, 0.29) is 12.4 Å². The third kappa shape index (κ3) is 4.80. The summed E-state index contributed by atoms with van der Waals surface area (Å²) in [6, 6.07) is 5.67. The molecule has 2 rings (SSSR count). The minimum atomic E-state index is -0.520. The summed E-state index contributed by atoms with van der Waals surface area (Å²) in [5.74, 6) is -0.759. The number of carbonyl (C=O) groups excluding carboxylic acids is 1. The number of nitrogens with zero attached hydrogens (tertiary/aromatic N) is 1. The molecule has 1 heterocycles. The standard InChI is InChI=1S/C19H26FN3O2S/c1-5-25-18(24)16-13(2)23(11-7-10-22(3)4)19(26)21-17(16)14-8-6-9-15(20)12-14/h6,8-9,12,17H,5,7,10-11H2,1-4H3,(H,21,26)/p+1/t17-/m0/s1. The smallest absolute Gasteiger partial charge is 0.338 e. The monoisotopic (exact) mass is 380 g/mol. The SMILES string of the molecule is CCOC(=O)C1=C(C)N(CCC[NH+](C)C)C(=S)N[C@H]1c1cccc(F)c1. The first kappa shape index (κ1) is 20.3. The lowest BCUT2D eigenvalue weighted by atomic mass is 9.95. The van der Waals surface area contributed by atoms with E-state index in [1.165, 1.54) is 17.0 Å². The number of esters is 1. The van der Waals surface area contributed by atoms with Crippen molar-refractivity contribution in [1.82, 2.24) is 10.2 Å². The van der Waals surface area contributed by atoms with Crippen molar-refractivity contribution in [2.24, 2.45) is 0 Å². The second-order valence-corrected chi connectivity index (χ2v) is 7.01. The number of quaternary nitrogens is 1. The van der Waals surface area contributed by atoms with Crippen LogP contribution in [0, 0.1) is 5.82 Å². The van der Waals surface area contributed by atoms with Gasteiger partial charge in [0.05, 0.1) is 38.9 Å². The van der Waals surface area contributed by atoms with Crippen molar-refractivity contribution in [2.45, 2.75) is 26.3 Å². The fraction of sp³-hybridized carbons (Fsp3) is 0.474. The Morgan fingerprint density at radius 1 is 1.42 bits per heavy atom. The van der Waals surface area contributed by atoms with Gasteiger partial charge in [-0.15, -0.1) is 0 Å². The Kier molecular flexibility index (Phi) is 7.11. The fourth-order valence-corrected chi connectivity index (χ4v) is 3.40. The Labute approximate surface area is 159 Å². The van der Waals surface area contributed by atoms with Gasteiger partial charge in [0, 0.05) is 18.7 Å². The zero-order chi connectivity index (χ0) is 19.3. The molecule has 0 aliphatic carbocycles. The van der Waals surface area contributed by atoms with E-state index in [2.05, 4.69) is 19.4 Å². The lowest BCUT2D eigenvalue weighted by molar-refractivity contribution is -0.858. The van der Waals surface area contributed by atoms with Crippen LogP contribution in [-0.4, -0.2) is 49.8 Å². The van der Waals surface area contributed by atoms with Gasteiger partial charge in [-0.05, 0) is 43.8 Å². The molecule has 5 nitrogen and oxygen atoms in total. The minimum Gasteiger partial charge on any atom is -0.463 e. The lowest BCUT2D eigenvalue weighted by Crippen LogP contribution is -3.05. The highest BCUT2D eigenvalue weighted by Crippen LogP contribution is 2.31. The first-order chi connectivity index (χ1) is 12.3. The normalized spacial score (nSPS) is 17.5. The van der Waals surface area contributed by atoms with Crippen molar-refractivity contribution < 1.29 is 18.8 Å². The van der Waals surface area contributed by atoms with Gasteiger partial charge in [0.15, 0.2) is 5.11 Å². The van der Waals surface area contributed by atoms with Crippen LogP contribution in [0.4, 0.5) is 4.39 Å². The number of thiocarbonyl (C=S) groups is 1. The molecule has 0 spiro atoms. The van der Waals surface area contributed by atoms with Gasteiger partial charge in [0.1, 0.15) is 5.82 Å². The average molecular weight is 381 g/mol. The first-order valence-corrected chi connectivity index (χ1v) is 9.26. The Balaban J connectivity index is 2.38. The molecule has 1 aliphatic rings. The summed E-state index contributed by atoms with van der Waals surface area (Å²) in [7, 11) is 4.19. The molecule has 142 valence electrons. The molecule has 0 amide bonds. The van der Waals surface area contributed by atoms with Crippen molar-refractivity contribution in [3.63, 3.8) is 0 Å². The molecule has 1 aromatic rings. The Bertz CT molecular complexity index is 706. The highest BCUT2D eigenvalue weighted by molar-refractivity contribution is 7.80. The van der Waals surface area contributed by atoms with Gasteiger partial charge in [0.25, 0.3) is 0 Å². The number of nitrogens with one attached hydrogen (secondary N) is 2. The van der Waals surface area contributed by atoms with Gasteiger partial charge >= 0.3 is 5.97 Å². The molecule has 0 fully saturated rings. The highest BCUT2D eigenvalue weighted by Gasteiger charge is 2.34. The zero-order valence-electron chi connectivity index (χ0n) is 15.8. The zero-order valence-corrected chi connectivity index (χ0v) is 16.6. The fourth-order valence-electron chi connectivity index (χ4n) is 3.05. The predicted octanol–water partition coefficient (Wildman–Crippen LogP) is 1.43. The summed E-state index contributed by atoms with van der Waals surface area (Å²) in [6.45, 7) is 5.62. The molecule has 1 aliphatic heterocycles. The van der Waals surface area contributed by atoms with E-state index in [4.69, 9.17) is 17.0 Å². The van der Waals surface area contributed by atoms with Crippen LogP contribution in [0.25, 0.3) is 0 Å². The summed E-state index contributed by atoms with van der Waals surface area (Å²) in [6.07, 6.45) is 0.933. The van der Waals surface area contributed by atoms with E-state index in [1.54, 1.807) is 19.1 Å². The van der Waals surface area contributed by atoms with Gasteiger partial charge in [-0.2, -0.15) is 0 Å². The molecule has 7 heteroatoms. The van der Waals surface area contributed by atoms with E-state index in [0.717, 1.165) is 18.7 Å². The topological polar surface area (TPSA) is 46.0 Å². The van der Waals surface area contributed by atoms with Gasteiger partial charge in [-0.1, -0.05) is 12.1 Å². The average Bonchev–Trinajstić information content (AvgIpc) is 2.57. The third-order valence-corrected chi connectivity index (χ3v) is 4.67. The van der Waals surface area contributed by atoms with Crippen molar-refractivity contribution in [1.29, 1.82) is 0 Å². The molecule has 0 unspecified atom stereocenters. The maximum atomic E-state index is 13.7. The van der Waals surface area contributed by atoms with Crippen molar-refractivity contribution in [3.8, 4) is 0 Å². The number of carbonyl (C=O) groups is 1. The molecule has 0 radical (unpaired) electrons. The minimum absolute atomic E-state index is 0.278. The second-order valence-electron chi connectivity index (χ2n) is 6.62. The largest absolute Gasteiger partial charge is 0.463 e. The van der Waals surface area contributed by atoms with E-state index >= 15 is 0 Å². The molecule has 26 heavy (non-hydrogen) atoms. The number of hydrogen-bond acceptors (Lipinski definition) is 3. The van der Waals surface area contributed by atoms with Crippen molar-refractivity contribution in [2.75, 3.05) is 33.8 Å². The summed E-state index contributed by atoms with van der Waals surface area (Å²) in [4.78, 5) is 15.9. The quantitative estimate of drug-likeness (QED) is 0.554. The van der Waals surface area contributed by atoms with E-state index < -0.39 is 12.0 Å². The van der Waals surface area contributed by atoms with Crippen LogP contribution >= 0.6 is 12.2 Å². The van der Waals surface area contributed by atoms with E-state index in [1.807, 2.05) is 11.8 Å². The van der Waals surface area contributed by atoms with Crippen LogP contribution < -0.4 is 10.2 Å². The summed E-state index contributed by atoms with van der Waals surface area (Å²) >= 11 is 5.53. The number of halogens is 1. The van der Waals surface area contributed by atoms with Crippen LogP contribution in [0.5, 0.6) is 0 Å². The summed E-state index contributed by atoms with van der Waals surface area (Å²) < 4.78 is 19.0. The van der Waals surface area contributed by atoms with Gasteiger partial charge in [0.2, 0.25) is 0 Å². The highest BCUT2D eigenvalue weighted by atomic mass is 32.1. The van der Waals surface area contributed by atoms with Crippen LogP contribution in [0.2, 0.25) is 0 Å². The molecule has 0 saturated carbocycles. The summed E-state index contributed by atoms with van der Waals surface area (Å²) in [5, 5.41) is 3.73. The summed E-state index contributed by atoms with van der Waals surface area (Å²) in [5.41, 5.74) is 1.88. The number of rotatable bonds is 7.